The molecule has 4 aromatic rings. The van der Waals surface area contributed by atoms with Crippen LogP contribution in [0.25, 0.3) is 28.0 Å². The molecular formula is C30H30ClFN6O3. The van der Waals surface area contributed by atoms with E-state index >= 15 is 0 Å². The Morgan fingerprint density at radius 3 is 2.73 bits per heavy atom. The lowest BCUT2D eigenvalue weighted by molar-refractivity contribution is -0.123. The van der Waals surface area contributed by atoms with E-state index in [0.29, 0.717) is 42.2 Å². The van der Waals surface area contributed by atoms with Gasteiger partial charge in [0.05, 0.1) is 34.1 Å². The number of ether oxygens (including phenoxy) is 1. The molecule has 5 heterocycles. The van der Waals surface area contributed by atoms with E-state index < -0.39 is 11.5 Å². The standard InChI is InChI=1S/C30H30ClFN6O3/c1-16(2)24-26(17(3)10-11-33-24)38-28-20(13-21(31)25(35-28)19-8-4-5-9-22(19)32)27(36-30(38)40)37-12-6-7-18(14-37)34-29(39)23-15-41-23/h4-5,8-11,13,16,18,23H,6-7,12,14-15H2,1-3H3,(H,34,39)/t18-,23?/m0/s1. The van der Waals surface area contributed by atoms with E-state index in [1.807, 2.05) is 31.7 Å². The number of fused-ring (bicyclic) bond motifs is 1. The van der Waals surface area contributed by atoms with E-state index in [0.717, 1.165) is 24.1 Å². The summed E-state index contributed by atoms with van der Waals surface area (Å²) >= 11 is 6.76. The van der Waals surface area contributed by atoms with Gasteiger partial charge in [-0.05, 0) is 55.5 Å². The Hall–Kier alpha value is -3.89. The molecule has 11 heteroatoms. The van der Waals surface area contributed by atoms with Crippen LogP contribution in [0.15, 0.2) is 47.4 Å². The fourth-order valence-electron chi connectivity index (χ4n) is 5.46. The Kier molecular flexibility index (Phi) is 7.21. The van der Waals surface area contributed by atoms with Gasteiger partial charge in [0.1, 0.15) is 11.6 Å². The van der Waals surface area contributed by atoms with Crippen molar-refractivity contribution in [3.63, 3.8) is 0 Å². The average molecular weight is 577 g/mol. The summed E-state index contributed by atoms with van der Waals surface area (Å²) in [6.45, 7) is 7.44. The number of carbonyl (C=O) groups excluding carboxylic acids is 1. The lowest BCUT2D eigenvalue weighted by atomic mass is 10.0. The molecular weight excluding hydrogens is 547 g/mol. The summed E-state index contributed by atoms with van der Waals surface area (Å²) in [5.74, 6) is -0.173. The number of hydrogen-bond donors (Lipinski definition) is 1. The summed E-state index contributed by atoms with van der Waals surface area (Å²) in [7, 11) is 0. The first-order chi connectivity index (χ1) is 19.7. The SMILES string of the molecule is Cc1ccnc(C(C)C)c1-n1c(=O)nc(N2CCC[C@H](NC(=O)C3CO3)C2)c2cc(Cl)c(-c3ccccc3F)nc21. The van der Waals surface area contributed by atoms with Crippen molar-refractivity contribution in [1.29, 1.82) is 0 Å². The third-order valence-electron chi connectivity index (χ3n) is 7.55. The number of nitrogens with one attached hydrogen (secondary N) is 1. The molecule has 0 bridgehead atoms. The quantitative estimate of drug-likeness (QED) is 0.336. The molecule has 1 aromatic carbocycles. The maximum atomic E-state index is 14.9. The second kappa shape index (κ2) is 10.8. The van der Waals surface area contributed by atoms with Crippen LogP contribution in [0.1, 0.15) is 43.9 Å². The Morgan fingerprint density at radius 1 is 1.22 bits per heavy atom. The number of pyridine rings is 2. The zero-order valence-corrected chi connectivity index (χ0v) is 23.8. The number of halogens is 2. The summed E-state index contributed by atoms with van der Waals surface area (Å²) in [6.07, 6.45) is 2.92. The monoisotopic (exact) mass is 576 g/mol. The van der Waals surface area contributed by atoms with Crippen molar-refractivity contribution in [2.24, 2.45) is 0 Å². The Labute approximate surface area is 241 Å². The van der Waals surface area contributed by atoms with Gasteiger partial charge in [0.25, 0.3) is 5.91 Å². The third kappa shape index (κ3) is 5.17. The molecule has 0 saturated carbocycles. The van der Waals surface area contributed by atoms with Gasteiger partial charge in [-0.25, -0.2) is 18.7 Å². The highest BCUT2D eigenvalue weighted by Crippen LogP contribution is 2.36. The van der Waals surface area contributed by atoms with Crippen molar-refractivity contribution in [2.45, 2.75) is 51.7 Å². The molecule has 2 atom stereocenters. The van der Waals surface area contributed by atoms with Crippen molar-refractivity contribution in [2.75, 3.05) is 24.6 Å². The minimum Gasteiger partial charge on any atom is -0.363 e. The van der Waals surface area contributed by atoms with Gasteiger partial charge in [0.15, 0.2) is 11.8 Å². The number of epoxide rings is 1. The molecule has 212 valence electrons. The van der Waals surface area contributed by atoms with Crippen molar-refractivity contribution in [3.8, 4) is 16.9 Å². The van der Waals surface area contributed by atoms with Crippen molar-refractivity contribution >= 4 is 34.4 Å². The molecule has 1 unspecified atom stereocenters. The number of amides is 1. The van der Waals surface area contributed by atoms with Gasteiger partial charge in [-0.15, -0.1) is 0 Å². The maximum Gasteiger partial charge on any atom is 0.355 e. The first kappa shape index (κ1) is 27.3. The molecule has 0 aliphatic carbocycles. The van der Waals surface area contributed by atoms with E-state index in [1.165, 1.54) is 10.6 Å². The molecule has 41 heavy (non-hydrogen) atoms. The van der Waals surface area contributed by atoms with Gasteiger partial charge in [-0.1, -0.05) is 37.6 Å². The molecule has 6 rings (SSSR count). The summed E-state index contributed by atoms with van der Waals surface area (Å²) in [5.41, 5.74) is 2.37. The predicted molar refractivity (Wildman–Crippen MR) is 155 cm³/mol. The Bertz CT molecular complexity index is 1720. The highest BCUT2D eigenvalue weighted by Gasteiger charge is 2.34. The first-order valence-corrected chi connectivity index (χ1v) is 14.1. The largest absolute Gasteiger partial charge is 0.363 e. The van der Waals surface area contributed by atoms with Crippen molar-refractivity contribution < 1.29 is 13.9 Å². The molecule has 9 nitrogen and oxygen atoms in total. The van der Waals surface area contributed by atoms with Crippen LogP contribution in [0.3, 0.4) is 0 Å². The number of nitrogens with zero attached hydrogens (tertiary/aromatic N) is 5. The van der Waals surface area contributed by atoms with Gasteiger partial charge in [-0.3, -0.25) is 9.78 Å². The maximum absolute atomic E-state index is 14.9. The number of piperidine rings is 1. The number of anilines is 1. The van der Waals surface area contributed by atoms with Gasteiger partial charge >= 0.3 is 5.69 Å². The molecule has 1 N–H and O–H groups in total. The highest BCUT2D eigenvalue weighted by molar-refractivity contribution is 6.33. The van der Waals surface area contributed by atoms with Gasteiger partial charge in [0.2, 0.25) is 0 Å². The van der Waals surface area contributed by atoms with Gasteiger partial charge in [0, 0.05) is 30.9 Å². The predicted octanol–water partition coefficient (Wildman–Crippen LogP) is 4.55. The smallest absolute Gasteiger partial charge is 0.355 e. The van der Waals surface area contributed by atoms with Crippen LogP contribution in [0, 0.1) is 12.7 Å². The number of rotatable bonds is 6. The number of aromatic nitrogens is 4. The van der Waals surface area contributed by atoms with E-state index in [2.05, 4.69) is 15.3 Å². The first-order valence-electron chi connectivity index (χ1n) is 13.7. The molecule has 0 spiro atoms. The van der Waals surface area contributed by atoms with Crippen molar-refractivity contribution in [1.82, 2.24) is 24.8 Å². The second-order valence-electron chi connectivity index (χ2n) is 10.9. The molecule has 0 radical (unpaired) electrons. The van der Waals surface area contributed by atoms with Gasteiger partial charge in [-0.2, -0.15) is 4.98 Å². The minimum absolute atomic E-state index is 0.00627. The molecule has 2 aliphatic heterocycles. The van der Waals surface area contributed by atoms with Crippen LogP contribution in [0.5, 0.6) is 0 Å². The average Bonchev–Trinajstić information content (AvgIpc) is 3.79. The minimum atomic E-state index is -0.530. The third-order valence-corrected chi connectivity index (χ3v) is 7.84. The van der Waals surface area contributed by atoms with Crippen LogP contribution in [0.4, 0.5) is 10.2 Å². The summed E-state index contributed by atoms with van der Waals surface area (Å²) in [6, 6.07) is 9.67. The molecule has 2 saturated heterocycles. The summed E-state index contributed by atoms with van der Waals surface area (Å²) < 4.78 is 21.5. The normalized spacial score (nSPS) is 18.6. The lowest BCUT2D eigenvalue weighted by Gasteiger charge is -2.34. The van der Waals surface area contributed by atoms with Crippen LogP contribution in [0.2, 0.25) is 5.02 Å². The van der Waals surface area contributed by atoms with E-state index in [9.17, 15) is 14.0 Å². The summed E-state index contributed by atoms with van der Waals surface area (Å²) in [4.78, 5) is 42.3. The molecule has 2 fully saturated rings. The number of benzene rings is 1. The Balaban J connectivity index is 1.57. The zero-order chi connectivity index (χ0) is 28.8. The zero-order valence-electron chi connectivity index (χ0n) is 23.0. The van der Waals surface area contributed by atoms with E-state index in [4.69, 9.17) is 21.3 Å². The number of carbonyl (C=O) groups is 1. The van der Waals surface area contributed by atoms with Crippen LogP contribution in [-0.2, 0) is 9.53 Å². The molecule has 1 amide bonds. The summed E-state index contributed by atoms with van der Waals surface area (Å²) in [5, 5.41) is 3.83. The topological polar surface area (TPSA) is 106 Å². The molecule has 2 aliphatic rings. The van der Waals surface area contributed by atoms with Crippen molar-refractivity contribution in [3.05, 3.63) is 75.2 Å². The fraction of sp³-hybridized carbons (Fsp3) is 0.367. The van der Waals surface area contributed by atoms with Gasteiger partial charge < -0.3 is 15.0 Å². The number of aryl methyl sites for hydroxylation is 1. The second-order valence-corrected chi connectivity index (χ2v) is 11.3. The van der Waals surface area contributed by atoms with E-state index in [-0.39, 0.29) is 40.3 Å². The Morgan fingerprint density at radius 2 is 2.00 bits per heavy atom. The van der Waals surface area contributed by atoms with Crippen LogP contribution >= 0.6 is 11.6 Å². The fourth-order valence-corrected chi connectivity index (χ4v) is 5.71. The molecule has 3 aromatic heterocycles. The van der Waals surface area contributed by atoms with Crippen LogP contribution in [-0.4, -0.2) is 57.3 Å². The number of hydrogen-bond acceptors (Lipinski definition) is 7. The lowest BCUT2D eigenvalue weighted by Crippen LogP contribution is -2.49. The highest BCUT2D eigenvalue weighted by atomic mass is 35.5. The van der Waals surface area contributed by atoms with Crippen LogP contribution < -0.4 is 15.9 Å². The van der Waals surface area contributed by atoms with E-state index in [1.54, 1.807) is 30.5 Å².